The largest absolute Gasteiger partial charge is 0.493 e. The van der Waals surface area contributed by atoms with Crippen molar-refractivity contribution in [2.75, 3.05) is 11.3 Å². The summed E-state index contributed by atoms with van der Waals surface area (Å²) < 4.78 is 33.0. The van der Waals surface area contributed by atoms with Gasteiger partial charge in [0, 0.05) is 11.1 Å². The molecule has 3 rings (SSSR count). The Balaban J connectivity index is 2.01. The van der Waals surface area contributed by atoms with Crippen molar-refractivity contribution in [3.05, 3.63) is 72.3 Å². The second-order valence-electron chi connectivity index (χ2n) is 7.27. The van der Waals surface area contributed by atoms with Gasteiger partial charge in [-0.1, -0.05) is 42.5 Å². The Hall–Kier alpha value is -3.32. The van der Waals surface area contributed by atoms with E-state index in [0.29, 0.717) is 23.6 Å². The quantitative estimate of drug-likeness (QED) is 0.499. The van der Waals surface area contributed by atoms with Crippen LogP contribution in [-0.4, -0.2) is 31.4 Å². The normalized spacial score (nSPS) is 11.4. The summed E-state index contributed by atoms with van der Waals surface area (Å²) >= 11 is 0. The number of anilines is 1. The van der Waals surface area contributed by atoms with Crippen LogP contribution in [-0.2, 0) is 10.0 Å². The Morgan fingerprint density at radius 1 is 0.968 bits per heavy atom. The average molecular weight is 440 g/mol. The first-order valence-electron chi connectivity index (χ1n) is 9.94. The van der Waals surface area contributed by atoms with Crippen LogP contribution in [0.4, 0.5) is 5.69 Å². The van der Waals surface area contributed by atoms with E-state index in [2.05, 4.69) is 4.72 Å². The van der Waals surface area contributed by atoms with E-state index < -0.39 is 21.2 Å². The van der Waals surface area contributed by atoms with Gasteiger partial charge >= 0.3 is 5.97 Å². The number of sulfonamides is 1. The van der Waals surface area contributed by atoms with Crippen molar-refractivity contribution in [2.24, 2.45) is 0 Å². The molecule has 0 fully saturated rings. The van der Waals surface area contributed by atoms with Crippen molar-refractivity contribution in [3.63, 3.8) is 0 Å². The molecule has 0 aliphatic carbocycles. The van der Waals surface area contributed by atoms with Gasteiger partial charge in [0.1, 0.15) is 5.75 Å². The molecule has 0 aliphatic rings. The third-order valence-electron chi connectivity index (χ3n) is 4.83. The predicted octanol–water partition coefficient (Wildman–Crippen LogP) is 5.27. The summed E-state index contributed by atoms with van der Waals surface area (Å²) in [6.45, 7) is 5.58. The number of rotatable bonds is 8. The molecule has 0 radical (unpaired) electrons. The number of para-hydroxylation sites is 1. The Morgan fingerprint density at radius 2 is 1.58 bits per heavy atom. The Bertz CT molecular complexity index is 1180. The molecule has 0 heterocycles. The maximum atomic E-state index is 12.3. The zero-order valence-corrected chi connectivity index (χ0v) is 18.4. The van der Waals surface area contributed by atoms with Crippen molar-refractivity contribution in [1.29, 1.82) is 0 Å². The van der Waals surface area contributed by atoms with Crippen molar-refractivity contribution in [3.8, 4) is 28.0 Å². The second kappa shape index (κ2) is 9.22. The predicted molar refractivity (Wildman–Crippen MR) is 123 cm³/mol. The number of benzene rings is 3. The van der Waals surface area contributed by atoms with Crippen molar-refractivity contribution in [1.82, 2.24) is 0 Å². The number of hydrogen-bond donors (Lipinski definition) is 2. The molecule has 3 aromatic carbocycles. The van der Waals surface area contributed by atoms with Gasteiger partial charge in [0.25, 0.3) is 0 Å². The highest BCUT2D eigenvalue weighted by atomic mass is 32.2. The van der Waals surface area contributed by atoms with Crippen LogP contribution in [0.5, 0.6) is 5.75 Å². The number of nitrogens with one attached hydrogen (secondary N) is 1. The molecule has 3 aromatic rings. The first-order chi connectivity index (χ1) is 14.7. The molecule has 2 N–H and O–H groups in total. The monoisotopic (exact) mass is 439 g/mol. The van der Waals surface area contributed by atoms with Gasteiger partial charge in [-0.3, -0.25) is 4.72 Å². The third-order valence-corrected chi connectivity index (χ3v) is 6.58. The molecule has 0 saturated carbocycles. The lowest BCUT2D eigenvalue weighted by Crippen LogP contribution is -2.22. The molecule has 162 valence electrons. The molecular weight excluding hydrogens is 414 g/mol. The van der Waals surface area contributed by atoms with Crippen LogP contribution in [0.1, 0.15) is 31.1 Å². The van der Waals surface area contributed by atoms with Crippen LogP contribution in [0, 0.1) is 0 Å². The van der Waals surface area contributed by atoms with Crippen LogP contribution in [0.25, 0.3) is 22.3 Å². The summed E-state index contributed by atoms with van der Waals surface area (Å²) in [5.41, 5.74) is 3.75. The number of ether oxygens (including phenoxy) is 1. The van der Waals surface area contributed by atoms with E-state index in [1.165, 1.54) is 6.07 Å². The fourth-order valence-electron chi connectivity index (χ4n) is 3.09. The highest BCUT2D eigenvalue weighted by molar-refractivity contribution is 7.93. The third kappa shape index (κ3) is 5.06. The Labute approximate surface area is 182 Å². The van der Waals surface area contributed by atoms with E-state index in [9.17, 15) is 18.3 Å². The van der Waals surface area contributed by atoms with E-state index in [4.69, 9.17) is 4.74 Å². The van der Waals surface area contributed by atoms with Crippen LogP contribution in [0.2, 0.25) is 0 Å². The van der Waals surface area contributed by atoms with Crippen molar-refractivity contribution >= 4 is 21.7 Å². The van der Waals surface area contributed by atoms with Gasteiger partial charge in [0.2, 0.25) is 10.0 Å². The Morgan fingerprint density at radius 3 is 2.16 bits per heavy atom. The van der Waals surface area contributed by atoms with Gasteiger partial charge in [-0.05, 0) is 56.2 Å². The average Bonchev–Trinajstić information content (AvgIpc) is 2.74. The maximum Gasteiger partial charge on any atom is 0.335 e. The first kappa shape index (κ1) is 22.4. The van der Waals surface area contributed by atoms with E-state index in [0.717, 1.165) is 16.7 Å². The molecule has 0 aromatic heterocycles. The molecule has 0 aliphatic heterocycles. The topological polar surface area (TPSA) is 92.7 Å². The van der Waals surface area contributed by atoms with Gasteiger partial charge in [-0.15, -0.1) is 0 Å². The van der Waals surface area contributed by atoms with Crippen molar-refractivity contribution in [2.45, 2.75) is 26.0 Å². The van der Waals surface area contributed by atoms with Gasteiger partial charge in [0.15, 0.2) is 0 Å². The van der Waals surface area contributed by atoms with E-state index in [1.807, 2.05) is 43.3 Å². The lowest BCUT2D eigenvalue weighted by molar-refractivity contribution is 0.0697. The molecule has 0 amide bonds. The highest BCUT2D eigenvalue weighted by Crippen LogP contribution is 2.34. The van der Waals surface area contributed by atoms with E-state index in [-0.39, 0.29) is 5.56 Å². The molecule has 0 atom stereocenters. The number of carbonyl (C=O) groups is 1. The number of aromatic carboxylic acids is 1. The maximum absolute atomic E-state index is 12.3. The number of carboxylic acid groups (broad SMARTS) is 1. The fourth-order valence-corrected chi connectivity index (χ4v) is 3.81. The fraction of sp³-hybridized carbons (Fsp3) is 0.208. The van der Waals surface area contributed by atoms with Crippen LogP contribution < -0.4 is 9.46 Å². The van der Waals surface area contributed by atoms with Gasteiger partial charge in [0.05, 0.1) is 23.1 Å². The first-order valence-corrected chi connectivity index (χ1v) is 11.5. The van der Waals surface area contributed by atoms with Crippen LogP contribution in [0.15, 0.2) is 66.7 Å². The summed E-state index contributed by atoms with van der Waals surface area (Å²) in [7, 11) is -3.48. The van der Waals surface area contributed by atoms with Gasteiger partial charge in [-0.2, -0.15) is 0 Å². The van der Waals surface area contributed by atoms with Gasteiger partial charge in [-0.25, -0.2) is 13.2 Å². The molecule has 0 unspecified atom stereocenters. The minimum atomic E-state index is -3.48. The lowest BCUT2D eigenvalue weighted by Gasteiger charge is -2.15. The number of hydrogen-bond acceptors (Lipinski definition) is 4. The molecule has 7 heteroatoms. The molecule has 0 spiro atoms. The summed E-state index contributed by atoms with van der Waals surface area (Å²) in [6.07, 6.45) is 0. The lowest BCUT2D eigenvalue weighted by atomic mass is 9.97. The molecule has 6 nitrogen and oxygen atoms in total. The van der Waals surface area contributed by atoms with Crippen molar-refractivity contribution < 1.29 is 23.1 Å². The molecule has 0 bridgehead atoms. The second-order valence-corrected chi connectivity index (χ2v) is 9.50. The molecule has 31 heavy (non-hydrogen) atoms. The summed E-state index contributed by atoms with van der Waals surface area (Å²) in [5, 5.41) is 8.78. The SMILES string of the molecule is CCOc1ccc(C(=O)O)cc1-c1ccc(-c2ccccc2NS(=O)(=O)C(C)C)cc1. The standard InChI is InChI=1S/C24H25NO5S/c1-4-30-23-14-13-19(24(26)27)15-21(23)18-11-9-17(10-12-18)20-7-5-6-8-22(20)25-31(28,29)16(2)3/h5-16,25H,4H2,1-3H3,(H,26,27). The van der Waals surface area contributed by atoms with Gasteiger partial charge < -0.3 is 9.84 Å². The molecular formula is C24H25NO5S. The molecule has 0 saturated heterocycles. The summed E-state index contributed by atoms with van der Waals surface area (Å²) in [6, 6.07) is 19.5. The summed E-state index contributed by atoms with van der Waals surface area (Å²) in [4.78, 5) is 11.4. The zero-order valence-electron chi connectivity index (χ0n) is 17.6. The zero-order chi connectivity index (χ0) is 22.6. The minimum Gasteiger partial charge on any atom is -0.493 e. The minimum absolute atomic E-state index is 0.177. The summed E-state index contributed by atoms with van der Waals surface area (Å²) in [5.74, 6) is -0.405. The van der Waals surface area contributed by atoms with Crippen LogP contribution in [0.3, 0.4) is 0 Å². The Kier molecular flexibility index (Phi) is 6.65. The van der Waals surface area contributed by atoms with Crippen LogP contribution >= 0.6 is 0 Å². The van der Waals surface area contributed by atoms with E-state index in [1.54, 1.807) is 38.1 Å². The smallest absolute Gasteiger partial charge is 0.335 e. The number of carboxylic acids is 1. The highest BCUT2D eigenvalue weighted by Gasteiger charge is 2.18. The van der Waals surface area contributed by atoms with E-state index >= 15 is 0 Å².